The van der Waals surface area contributed by atoms with Crippen molar-refractivity contribution in [3.8, 4) is 0 Å². The van der Waals surface area contributed by atoms with E-state index < -0.39 is 17.8 Å². The van der Waals surface area contributed by atoms with Crippen LogP contribution in [-0.4, -0.2) is 19.1 Å². The fraction of sp³-hybridized carbons (Fsp3) is 0.0667. The fourth-order valence-corrected chi connectivity index (χ4v) is 1.72. The van der Waals surface area contributed by atoms with Gasteiger partial charge in [-0.15, -0.1) is 0 Å². The number of halogens is 1. The molecular formula is C15H13FN2O3. The van der Waals surface area contributed by atoms with Gasteiger partial charge in [0.05, 0.1) is 24.0 Å². The molecule has 0 aliphatic carbocycles. The molecule has 6 heteroatoms. The van der Waals surface area contributed by atoms with E-state index >= 15 is 0 Å². The molecule has 0 heterocycles. The minimum atomic E-state index is -0.656. The number of amides is 2. The lowest BCUT2D eigenvalue weighted by molar-refractivity contribution is 0.0602. The Labute approximate surface area is 120 Å². The zero-order valence-electron chi connectivity index (χ0n) is 11.2. The van der Waals surface area contributed by atoms with Crippen molar-refractivity contribution in [3.63, 3.8) is 0 Å². The van der Waals surface area contributed by atoms with Gasteiger partial charge in [0.2, 0.25) is 0 Å². The van der Waals surface area contributed by atoms with Crippen LogP contribution in [0.15, 0.2) is 48.5 Å². The Hall–Kier alpha value is -2.89. The molecule has 2 N–H and O–H groups in total. The normalized spacial score (nSPS) is 9.81. The van der Waals surface area contributed by atoms with Gasteiger partial charge >= 0.3 is 12.0 Å². The summed E-state index contributed by atoms with van der Waals surface area (Å²) < 4.78 is 18.1. The second-order valence-corrected chi connectivity index (χ2v) is 4.10. The van der Waals surface area contributed by atoms with Gasteiger partial charge < -0.3 is 15.4 Å². The van der Waals surface area contributed by atoms with Crippen LogP contribution in [0, 0.1) is 5.82 Å². The van der Waals surface area contributed by atoms with Crippen molar-refractivity contribution in [1.29, 1.82) is 0 Å². The predicted octanol–water partition coefficient (Wildman–Crippen LogP) is 3.26. The number of esters is 1. The Balaban J connectivity index is 2.14. The van der Waals surface area contributed by atoms with Gasteiger partial charge in [0.25, 0.3) is 0 Å². The second-order valence-electron chi connectivity index (χ2n) is 4.10. The molecule has 0 radical (unpaired) electrons. The molecule has 2 rings (SSSR count). The summed E-state index contributed by atoms with van der Waals surface area (Å²) in [5.41, 5.74) is 0.535. The largest absolute Gasteiger partial charge is 0.465 e. The highest BCUT2D eigenvalue weighted by atomic mass is 19.1. The molecule has 0 saturated heterocycles. The molecule has 0 aliphatic rings. The molecule has 21 heavy (non-hydrogen) atoms. The molecular weight excluding hydrogens is 275 g/mol. The summed E-state index contributed by atoms with van der Waals surface area (Å²) >= 11 is 0. The molecule has 0 atom stereocenters. The molecule has 2 aromatic carbocycles. The number of carbonyl (C=O) groups excluding carboxylic acids is 2. The van der Waals surface area contributed by atoms with Crippen LogP contribution >= 0.6 is 0 Å². The number of para-hydroxylation sites is 2. The van der Waals surface area contributed by atoms with Crippen LogP contribution in [0.1, 0.15) is 10.4 Å². The van der Waals surface area contributed by atoms with Gasteiger partial charge in [-0.25, -0.2) is 14.0 Å². The summed E-state index contributed by atoms with van der Waals surface area (Å²) in [4.78, 5) is 23.4. The third-order valence-electron chi connectivity index (χ3n) is 2.70. The van der Waals surface area contributed by atoms with Gasteiger partial charge in [0, 0.05) is 0 Å². The Kier molecular flexibility index (Phi) is 4.50. The third-order valence-corrected chi connectivity index (χ3v) is 2.70. The van der Waals surface area contributed by atoms with E-state index in [1.807, 2.05) is 0 Å². The van der Waals surface area contributed by atoms with E-state index in [1.165, 1.54) is 31.4 Å². The Bertz CT molecular complexity index is 673. The number of ether oxygens (including phenoxy) is 1. The smallest absolute Gasteiger partial charge is 0.339 e. The molecule has 2 amide bonds. The highest BCUT2D eigenvalue weighted by molar-refractivity contribution is 6.05. The zero-order chi connectivity index (χ0) is 15.2. The SMILES string of the molecule is COC(=O)c1ccccc1NC(=O)Nc1ccccc1F. The van der Waals surface area contributed by atoms with Crippen molar-refractivity contribution in [1.82, 2.24) is 0 Å². The van der Waals surface area contributed by atoms with E-state index in [-0.39, 0.29) is 16.9 Å². The van der Waals surface area contributed by atoms with Crippen LogP contribution in [0.4, 0.5) is 20.6 Å². The van der Waals surface area contributed by atoms with Gasteiger partial charge in [-0.2, -0.15) is 0 Å². The van der Waals surface area contributed by atoms with Crippen molar-refractivity contribution in [3.05, 3.63) is 59.9 Å². The summed E-state index contributed by atoms with van der Waals surface area (Å²) in [5, 5.41) is 4.85. The Morgan fingerprint density at radius 1 is 0.952 bits per heavy atom. The van der Waals surface area contributed by atoms with E-state index in [2.05, 4.69) is 15.4 Å². The molecule has 0 aromatic heterocycles. The minimum absolute atomic E-state index is 0.0468. The first-order valence-corrected chi connectivity index (χ1v) is 6.11. The quantitative estimate of drug-likeness (QED) is 0.852. The lowest BCUT2D eigenvalue weighted by Crippen LogP contribution is -2.21. The number of nitrogens with one attached hydrogen (secondary N) is 2. The summed E-state index contributed by atoms with van der Waals surface area (Å²) in [6.45, 7) is 0. The van der Waals surface area contributed by atoms with Crippen LogP contribution in [-0.2, 0) is 4.74 Å². The monoisotopic (exact) mass is 288 g/mol. The van der Waals surface area contributed by atoms with Crippen LogP contribution in [0.5, 0.6) is 0 Å². The zero-order valence-corrected chi connectivity index (χ0v) is 11.2. The number of hydrogen-bond acceptors (Lipinski definition) is 3. The summed E-state index contributed by atoms with van der Waals surface area (Å²) in [6.07, 6.45) is 0. The topological polar surface area (TPSA) is 67.4 Å². The minimum Gasteiger partial charge on any atom is -0.465 e. The maximum atomic E-state index is 13.4. The number of benzene rings is 2. The molecule has 0 unspecified atom stereocenters. The molecule has 0 spiro atoms. The van der Waals surface area contributed by atoms with E-state index in [1.54, 1.807) is 24.3 Å². The molecule has 108 valence electrons. The van der Waals surface area contributed by atoms with Gasteiger partial charge in [0.1, 0.15) is 5.82 Å². The maximum Gasteiger partial charge on any atom is 0.339 e. The van der Waals surface area contributed by atoms with Crippen LogP contribution in [0.3, 0.4) is 0 Å². The highest BCUT2D eigenvalue weighted by Gasteiger charge is 2.13. The Morgan fingerprint density at radius 2 is 1.52 bits per heavy atom. The first-order chi connectivity index (χ1) is 10.1. The van der Waals surface area contributed by atoms with Crippen molar-refractivity contribution in [2.75, 3.05) is 17.7 Å². The molecule has 2 aromatic rings. The average Bonchev–Trinajstić information content (AvgIpc) is 2.49. The summed E-state index contributed by atoms with van der Waals surface area (Å²) in [6, 6.07) is 11.5. The number of urea groups is 1. The molecule has 5 nitrogen and oxygen atoms in total. The predicted molar refractivity (Wildman–Crippen MR) is 76.8 cm³/mol. The number of methoxy groups -OCH3 is 1. The fourth-order valence-electron chi connectivity index (χ4n) is 1.72. The van der Waals surface area contributed by atoms with Gasteiger partial charge in [0.15, 0.2) is 0 Å². The maximum absolute atomic E-state index is 13.4. The Morgan fingerprint density at radius 3 is 2.19 bits per heavy atom. The van der Waals surface area contributed by atoms with Gasteiger partial charge in [-0.3, -0.25) is 0 Å². The number of anilines is 2. The third kappa shape index (κ3) is 3.56. The first-order valence-electron chi connectivity index (χ1n) is 6.11. The average molecular weight is 288 g/mol. The summed E-state index contributed by atoms with van der Waals surface area (Å²) in [7, 11) is 1.25. The van der Waals surface area contributed by atoms with Crippen molar-refractivity contribution in [2.24, 2.45) is 0 Å². The van der Waals surface area contributed by atoms with Crippen LogP contribution < -0.4 is 10.6 Å². The van der Waals surface area contributed by atoms with Crippen molar-refractivity contribution >= 4 is 23.4 Å². The van der Waals surface area contributed by atoms with Crippen molar-refractivity contribution < 1.29 is 18.7 Å². The molecule has 0 saturated carbocycles. The lowest BCUT2D eigenvalue weighted by atomic mass is 10.2. The number of hydrogen-bond donors (Lipinski definition) is 2. The van der Waals surface area contributed by atoms with Gasteiger partial charge in [-0.1, -0.05) is 24.3 Å². The highest BCUT2D eigenvalue weighted by Crippen LogP contribution is 2.17. The summed E-state index contributed by atoms with van der Waals surface area (Å²) in [5.74, 6) is -1.12. The van der Waals surface area contributed by atoms with Crippen LogP contribution in [0.25, 0.3) is 0 Å². The molecule has 0 fully saturated rings. The number of rotatable bonds is 3. The van der Waals surface area contributed by atoms with E-state index in [4.69, 9.17) is 0 Å². The standard InChI is InChI=1S/C15H13FN2O3/c1-21-14(19)10-6-2-4-8-12(10)17-15(20)18-13-9-5-3-7-11(13)16/h2-9H,1H3,(H2,17,18,20). The lowest BCUT2D eigenvalue weighted by Gasteiger charge is -2.11. The molecule has 0 aliphatic heterocycles. The van der Waals surface area contributed by atoms with E-state index in [0.717, 1.165) is 0 Å². The van der Waals surface area contributed by atoms with Crippen molar-refractivity contribution in [2.45, 2.75) is 0 Å². The van der Waals surface area contributed by atoms with E-state index in [0.29, 0.717) is 0 Å². The second kappa shape index (κ2) is 6.51. The molecule has 0 bridgehead atoms. The van der Waals surface area contributed by atoms with E-state index in [9.17, 15) is 14.0 Å². The first kappa shape index (κ1) is 14.5. The number of carbonyl (C=O) groups is 2. The van der Waals surface area contributed by atoms with Gasteiger partial charge in [-0.05, 0) is 24.3 Å². The van der Waals surface area contributed by atoms with Crippen LogP contribution in [0.2, 0.25) is 0 Å².